The Morgan fingerprint density at radius 2 is 2.11 bits per heavy atom. The first-order valence-corrected chi connectivity index (χ1v) is 10.7. The van der Waals surface area contributed by atoms with E-state index in [1.165, 1.54) is 18.4 Å². The van der Waals surface area contributed by atoms with Crippen LogP contribution in [0.15, 0.2) is 6.07 Å². The van der Waals surface area contributed by atoms with Gasteiger partial charge < -0.3 is 14.5 Å². The average Bonchev–Trinajstić information content (AvgIpc) is 3.24. The Morgan fingerprint density at radius 3 is 2.89 bits per heavy atom. The van der Waals surface area contributed by atoms with Crippen LogP contribution in [0.3, 0.4) is 0 Å². The molecule has 4 aliphatic rings. The highest BCUT2D eigenvalue weighted by Gasteiger charge is 2.50. The number of rotatable bonds is 4. The minimum absolute atomic E-state index is 0.0389. The fourth-order valence-electron chi connectivity index (χ4n) is 5.30. The maximum Gasteiger partial charge on any atom is 0.259 e. The fourth-order valence-corrected chi connectivity index (χ4v) is 5.30. The van der Waals surface area contributed by atoms with Gasteiger partial charge in [0.15, 0.2) is 0 Å². The first kappa shape index (κ1) is 18.0. The van der Waals surface area contributed by atoms with Gasteiger partial charge in [-0.15, -0.1) is 0 Å². The standard InChI is InChI=1S/C22H29N3O3/c1-28-19-17(12-16-4-2-5-18(16)23-19)20(26)25-11-9-22(14-25)8-3-10-24(21(22)27)13-15-6-7-15/h12,15H,2-11,13-14H2,1H3/t22-/m0/s1. The molecule has 2 aliphatic carbocycles. The summed E-state index contributed by atoms with van der Waals surface area (Å²) in [7, 11) is 1.58. The molecule has 28 heavy (non-hydrogen) atoms. The van der Waals surface area contributed by atoms with Gasteiger partial charge in [0.25, 0.3) is 5.91 Å². The van der Waals surface area contributed by atoms with Crippen LogP contribution in [0.25, 0.3) is 0 Å². The number of carbonyl (C=O) groups is 2. The number of ether oxygens (including phenoxy) is 1. The number of aromatic nitrogens is 1. The molecule has 2 aliphatic heterocycles. The van der Waals surface area contributed by atoms with Crippen molar-refractivity contribution < 1.29 is 14.3 Å². The zero-order valence-electron chi connectivity index (χ0n) is 16.7. The van der Waals surface area contributed by atoms with Crippen LogP contribution in [-0.4, -0.2) is 59.9 Å². The molecule has 0 aromatic carbocycles. The number of hydrogen-bond acceptors (Lipinski definition) is 4. The largest absolute Gasteiger partial charge is 0.480 e. The van der Waals surface area contributed by atoms with Crippen LogP contribution < -0.4 is 4.74 Å². The highest BCUT2D eigenvalue weighted by atomic mass is 16.5. The normalized spacial score (nSPS) is 26.8. The molecule has 1 aromatic rings. The predicted octanol–water partition coefficient (Wildman–Crippen LogP) is 2.44. The van der Waals surface area contributed by atoms with Crippen LogP contribution in [0.1, 0.15) is 60.1 Å². The van der Waals surface area contributed by atoms with Crippen molar-refractivity contribution >= 4 is 11.8 Å². The number of methoxy groups -OCH3 is 1. The molecule has 6 heteroatoms. The summed E-state index contributed by atoms with van der Waals surface area (Å²) in [6.45, 7) is 2.97. The van der Waals surface area contributed by atoms with Gasteiger partial charge in [0, 0.05) is 31.9 Å². The third-order valence-electron chi connectivity index (χ3n) is 7.08. The van der Waals surface area contributed by atoms with Crippen molar-refractivity contribution in [2.24, 2.45) is 11.3 Å². The van der Waals surface area contributed by atoms with E-state index in [1.807, 2.05) is 11.0 Å². The first-order chi connectivity index (χ1) is 13.6. The smallest absolute Gasteiger partial charge is 0.259 e. The van der Waals surface area contributed by atoms with Crippen LogP contribution in [-0.2, 0) is 17.6 Å². The van der Waals surface area contributed by atoms with Crippen molar-refractivity contribution in [3.63, 3.8) is 0 Å². The summed E-state index contributed by atoms with van der Waals surface area (Å²) in [5.41, 5.74) is 2.41. The Kier molecular flexibility index (Phi) is 4.33. The molecule has 1 aromatic heterocycles. The molecule has 5 rings (SSSR count). The number of carbonyl (C=O) groups excluding carboxylic acids is 2. The fraction of sp³-hybridized carbons (Fsp3) is 0.682. The number of hydrogen-bond donors (Lipinski definition) is 0. The SMILES string of the molecule is COc1nc2c(cc1C(=O)N1CC[C@@]3(CCCN(CC4CC4)C3=O)C1)CCC2. The van der Waals surface area contributed by atoms with Crippen molar-refractivity contribution in [1.29, 1.82) is 0 Å². The van der Waals surface area contributed by atoms with E-state index in [0.717, 1.165) is 57.3 Å². The molecule has 2 amide bonds. The van der Waals surface area contributed by atoms with E-state index in [2.05, 4.69) is 9.88 Å². The van der Waals surface area contributed by atoms with Crippen molar-refractivity contribution in [2.75, 3.05) is 33.3 Å². The van der Waals surface area contributed by atoms with Gasteiger partial charge in [-0.05, 0) is 68.9 Å². The molecule has 2 saturated heterocycles. The third kappa shape index (κ3) is 2.97. The third-order valence-corrected chi connectivity index (χ3v) is 7.08. The Bertz CT molecular complexity index is 819. The van der Waals surface area contributed by atoms with Crippen molar-refractivity contribution in [2.45, 2.75) is 51.4 Å². The molecular weight excluding hydrogens is 354 g/mol. The maximum atomic E-state index is 13.3. The Labute approximate surface area is 166 Å². The number of fused-ring (bicyclic) bond motifs is 1. The molecule has 1 spiro atoms. The summed E-state index contributed by atoms with van der Waals surface area (Å²) in [6, 6.07) is 1.98. The maximum absolute atomic E-state index is 13.3. The summed E-state index contributed by atoms with van der Waals surface area (Å²) in [5.74, 6) is 1.37. The minimum Gasteiger partial charge on any atom is -0.480 e. The minimum atomic E-state index is -0.375. The monoisotopic (exact) mass is 383 g/mol. The second-order valence-electron chi connectivity index (χ2n) is 9.06. The summed E-state index contributed by atoms with van der Waals surface area (Å²) < 4.78 is 5.44. The van der Waals surface area contributed by atoms with Gasteiger partial charge in [0.2, 0.25) is 11.8 Å². The van der Waals surface area contributed by atoms with Crippen molar-refractivity contribution in [3.8, 4) is 5.88 Å². The predicted molar refractivity (Wildman–Crippen MR) is 104 cm³/mol. The van der Waals surface area contributed by atoms with Crippen LogP contribution in [0, 0.1) is 11.3 Å². The zero-order chi connectivity index (χ0) is 19.3. The van der Waals surface area contributed by atoms with E-state index in [1.54, 1.807) is 7.11 Å². The second-order valence-corrected chi connectivity index (χ2v) is 9.06. The zero-order valence-corrected chi connectivity index (χ0v) is 16.7. The van der Waals surface area contributed by atoms with Crippen molar-refractivity contribution in [3.05, 3.63) is 22.9 Å². The molecule has 3 fully saturated rings. The first-order valence-electron chi connectivity index (χ1n) is 10.7. The summed E-state index contributed by atoms with van der Waals surface area (Å²) >= 11 is 0. The van der Waals surface area contributed by atoms with Gasteiger partial charge in [0.05, 0.1) is 12.5 Å². The van der Waals surface area contributed by atoms with Crippen LogP contribution >= 0.6 is 0 Å². The molecule has 0 unspecified atom stereocenters. The van der Waals surface area contributed by atoms with Gasteiger partial charge in [-0.25, -0.2) is 4.98 Å². The molecule has 0 N–H and O–H groups in total. The Balaban J connectivity index is 1.35. The number of piperidine rings is 1. The lowest BCUT2D eigenvalue weighted by atomic mass is 9.78. The number of amides is 2. The topological polar surface area (TPSA) is 62.7 Å². The van der Waals surface area contributed by atoms with E-state index in [-0.39, 0.29) is 17.2 Å². The van der Waals surface area contributed by atoms with E-state index in [4.69, 9.17) is 4.74 Å². The van der Waals surface area contributed by atoms with Gasteiger partial charge >= 0.3 is 0 Å². The highest BCUT2D eigenvalue weighted by molar-refractivity contribution is 5.97. The lowest BCUT2D eigenvalue weighted by Crippen LogP contribution is -2.51. The molecular formula is C22H29N3O3. The Morgan fingerprint density at radius 1 is 1.25 bits per heavy atom. The van der Waals surface area contributed by atoms with Crippen LogP contribution in [0.5, 0.6) is 5.88 Å². The molecule has 1 saturated carbocycles. The molecule has 0 radical (unpaired) electrons. The average molecular weight is 383 g/mol. The summed E-state index contributed by atoms with van der Waals surface area (Å²) in [4.78, 5) is 35.1. The van der Waals surface area contributed by atoms with Gasteiger partial charge in [-0.3, -0.25) is 9.59 Å². The molecule has 0 bridgehead atoms. The van der Waals surface area contributed by atoms with Crippen molar-refractivity contribution in [1.82, 2.24) is 14.8 Å². The van der Waals surface area contributed by atoms with Gasteiger partial charge in [0.1, 0.15) is 5.56 Å². The van der Waals surface area contributed by atoms with Crippen LogP contribution in [0.4, 0.5) is 0 Å². The number of likely N-dealkylation sites (tertiary alicyclic amines) is 2. The van der Waals surface area contributed by atoms with E-state index < -0.39 is 0 Å². The quantitative estimate of drug-likeness (QED) is 0.801. The second kappa shape index (κ2) is 6.75. The number of pyridine rings is 1. The van der Waals surface area contributed by atoms with Gasteiger partial charge in [-0.1, -0.05) is 0 Å². The van der Waals surface area contributed by atoms with Crippen LogP contribution in [0.2, 0.25) is 0 Å². The molecule has 3 heterocycles. The molecule has 1 atom stereocenters. The van der Waals surface area contributed by atoms with E-state index in [9.17, 15) is 9.59 Å². The Hall–Kier alpha value is -2.11. The summed E-state index contributed by atoms with van der Waals surface area (Å²) in [6.07, 6.45) is 8.25. The number of nitrogens with zero attached hydrogens (tertiary/aromatic N) is 3. The summed E-state index contributed by atoms with van der Waals surface area (Å²) in [5, 5.41) is 0. The van der Waals surface area contributed by atoms with Gasteiger partial charge in [-0.2, -0.15) is 0 Å². The van der Waals surface area contributed by atoms with E-state index >= 15 is 0 Å². The molecule has 150 valence electrons. The lowest BCUT2D eigenvalue weighted by molar-refractivity contribution is -0.145. The van der Waals surface area contributed by atoms with E-state index in [0.29, 0.717) is 30.5 Å². The molecule has 6 nitrogen and oxygen atoms in total. The number of aryl methyl sites for hydroxylation is 2. The lowest BCUT2D eigenvalue weighted by Gasteiger charge is -2.39. The highest BCUT2D eigenvalue weighted by Crippen LogP contribution is 2.42.